The van der Waals surface area contributed by atoms with Crippen molar-refractivity contribution in [3.05, 3.63) is 57.1 Å². The van der Waals surface area contributed by atoms with Crippen LogP contribution in [0.1, 0.15) is 27.0 Å². The molecule has 1 heterocycles. The van der Waals surface area contributed by atoms with Crippen molar-refractivity contribution >= 4 is 37.6 Å². The Balaban J connectivity index is 2.15. The second-order valence-corrected chi connectivity index (χ2v) is 8.56. The normalized spacial score (nSPS) is 13.9. The Morgan fingerprint density at radius 2 is 1.79 bits per heavy atom. The highest BCUT2D eigenvalue weighted by molar-refractivity contribution is 9.10. The smallest absolute Gasteiger partial charge is 0.335 e. The van der Waals surface area contributed by atoms with Gasteiger partial charge in [-0.25, -0.2) is 13.2 Å². The van der Waals surface area contributed by atoms with Gasteiger partial charge in [-0.05, 0) is 61.2 Å². The van der Waals surface area contributed by atoms with Crippen LogP contribution in [0.25, 0.3) is 0 Å². The number of hydrogen-bond donors (Lipinski definition) is 1. The van der Waals surface area contributed by atoms with Crippen LogP contribution in [0.2, 0.25) is 0 Å². The SMILES string of the molecule is Cc1cc(Br)cc(C)c1S(=O)(=O)N1CCc2ccc(C(=O)O)cc21. The van der Waals surface area contributed by atoms with Crippen molar-refractivity contribution < 1.29 is 18.3 Å². The third-order valence-electron chi connectivity index (χ3n) is 4.16. The minimum absolute atomic E-state index is 0.0834. The van der Waals surface area contributed by atoms with Gasteiger partial charge in [0.2, 0.25) is 0 Å². The third-order valence-corrected chi connectivity index (χ3v) is 6.74. The Hall–Kier alpha value is -1.86. The molecule has 1 aliphatic heterocycles. The zero-order chi connectivity index (χ0) is 17.6. The molecule has 0 bridgehead atoms. The lowest BCUT2D eigenvalue weighted by Crippen LogP contribution is -2.30. The zero-order valence-electron chi connectivity index (χ0n) is 13.2. The molecule has 0 radical (unpaired) electrons. The summed E-state index contributed by atoms with van der Waals surface area (Å²) >= 11 is 3.37. The molecule has 0 unspecified atom stereocenters. The van der Waals surface area contributed by atoms with Crippen molar-refractivity contribution in [3.8, 4) is 0 Å². The highest BCUT2D eigenvalue weighted by Crippen LogP contribution is 2.36. The first-order valence-corrected chi connectivity index (χ1v) is 9.61. The van der Waals surface area contributed by atoms with Crippen LogP contribution in [-0.4, -0.2) is 26.0 Å². The highest BCUT2D eigenvalue weighted by Gasteiger charge is 2.33. The van der Waals surface area contributed by atoms with Gasteiger partial charge in [0.15, 0.2) is 0 Å². The molecule has 24 heavy (non-hydrogen) atoms. The second-order valence-electron chi connectivity index (χ2n) is 5.84. The van der Waals surface area contributed by atoms with E-state index in [9.17, 15) is 13.2 Å². The van der Waals surface area contributed by atoms with Gasteiger partial charge >= 0.3 is 5.97 Å². The summed E-state index contributed by atoms with van der Waals surface area (Å²) < 4.78 is 28.5. The zero-order valence-corrected chi connectivity index (χ0v) is 15.6. The average Bonchev–Trinajstić information content (AvgIpc) is 2.89. The van der Waals surface area contributed by atoms with E-state index in [-0.39, 0.29) is 10.5 Å². The molecule has 7 heteroatoms. The minimum Gasteiger partial charge on any atom is -0.478 e. The number of halogens is 1. The fourth-order valence-electron chi connectivity index (χ4n) is 3.15. The molecular formula is C17H16BrNO4S. The predicted molar refractivity (Wildman–Crippen MR) is 95.3 cm³/mol. The van der Waals surface area contributed by atoms with Crippen molar-refractivity contribution in [2.75, 3.05) is 10.8 Å². The van der Waals surface area contributed by atoms with E-state index in [4.69, 9.17) is 5.11 Å². The van der Waals surface area contributed by atoms with E-state index in [0.29, 0.717) is 29.8 Å². The first kappa shape index (κ1) is 17.0. The quantitative estimate of drug-likeness (QED) is 0.841. The number of carbonyl (C=O) groups is 1. The van der Waals surface area contributed by atoms with E-state index >= 15 is 0 Å². The monoisotopic (exact) mass is 409 g/mol. The Morgan fingerprint density at radius 1 is 1.17 bits per heavy atom. The van der Waals surface area contributed by atoms with Crippen molar-refractivity contribution in [2.24, 2.45) is 0 Å². The fourth-order valence-corrected chi connectivity index (χ4v) is 5.75. The maximum atomic E-state index is 13.2. The molecule has 0 saturated heterocycles. The van der Waals surface area contributed by atoms with Gasteiger partial charge in [0, 0.05) is 11.0 Å². The van der Waals surface area contributed by atoms with Gasteiger partial charge in [0.1, 0.15) is 0 Å². The van der Waals surface area contributed by atoms with E-state index in [1.165, 1.54) is 16.4 Å². The second kappa shape index (κ2) is 5.89. The molecule has 126 valence electrons. The topological polar surface area (TPSA) is 74.7 Å². The van der Waals surface area contributed by atoms with E-state index in [0.717, 1.165) is 10.0 Å². The molecule has 1 N–H and O–H groups in total. The van der Waals surface area contributed by atoms with Crippen LogP contribution < -0.4 is 4.31 Å². The van der Waals surface area contributed by atoms with Crippen LogP contribution in [0, 0.1) is 13.8 Å². The van der Waals surface area contributed by atoms with Gasteiger partial charge in [-0.2, -0.15) is 0 Å². The van der Waals surface area contributed by atoms with Crippen LogP contribution in [-0.2, 0) is 16.4 Å². The van der Waals surface area contributed by atoms with Crippen molar-refractivity contribution in [2.45, 2.75) is 25.2 Å². The maximum absolute atomic E-state index is 13.2. The van der Waals surface area contributed by atoms with Crippen LogP contribution >= 0.6 is 15.9 Å². The maximum Gasteiger partial charge on any atom is 0.335 e. The summed E-state index contributed by atoms with van der Waals surface area (Å²) in [4.78, 5) is 11.5. The molecule has 0 saturated carbocycles. The van der Waals surface area contributed by atoms with Gasteiger partial charge in [-0.3, -0.25) is 4.31 Å². The summed E-state index contributed by atoms with van der Waals surface area (Å²) in [5, 5.41) is 9.17. The average molecular weight is 410 g/mol. The Morgan fingerprint density at radius 3 is 2.38 bits per heavy atom. The van der Waals surface area contributed by atoms with Gasteiger partial charge in [-0.1, -0.05) is 22.0 Å². The number of aromatic carboxylic acids is 1. The van der Waals surface area contributed by atoms with Crippen LogP contribution in [0.15, 0.2) is 39.7 Å². The lowest BCUT2D eigenvalue weighted by Gasteiger charge is -2.22. The number of aryl methyl sites for hydroxylation is 2. The molecule has 0 amide bonds. The van der Waals surface area contributed by atoms with Crippen molar-refractivity contribution in [1.29, 1.82) is 0 Å². The first-order chi connectivity index (χ1) is 11.2. The van der Waals surface area contributed by atoms with Crippen LogP contribution in [0.5, 0.6) is 0 Å². The van der Waals surface area contributed by atoms with Crippen LogP contribution in [0.3, 0.4) is 0 Å². The van der Waals surface area contributed by atoms with Gasteiger partial charge < -0.3 is 5.11 Å². The van der Waals surface area contributed by atoms with Gasteiger partial charge in [0.25, 0.3) is 10.0 Å². The minimum atomic E-state index is -3.75. The first-order valence-electron chi connectivity index (χ1n) is 7.37. The number of hydrogen-bond acceptors (Lipinski definition) is 3. The third kappa shape index (κ3) is 2.71. The highest BCUT2D eigenvalue weighted by atomic mass is 79.9. The van der Waals surface area contributed by atoms with E-state index in [1.807, 2.05) is 0 Å². The standard InChI is InChI=1S/C17H16BrNO4S/c1-10-7-14(18)8-11(2)16(10)24(22,23)19-6-5-12-3-4-13(17(20)21)9-15(12)19/h3-4,7-9H,5-6H2,1-2H3,(H,20,21). The number of rotatable bonds is 3. The lowest BCUT2D eigenvalue weighted by molar-refractivity contribution is 0.0697. The number of sulfonamides is 1. The molecular weight excluding hydrogens is 394 g/mol. The predicted octanol–water partition coefficient (Wildman–Crippen LogP) is 3.52. The molecule has 2 aromatic carbocycles. The Bertz CT molecular complexity index is 930. The number of fused-ring (bicyclic) bond motifs is 1. The van der Waals surface area contributed by atoms with Crippen LogP contribution in [0.4, 0.5) is 5.69 Å². The fraction of sp³-hybridized carbons (Fsp3) is 0.235. The molecule has 0 fully saturated rings. The Kier molecular flexibility index (Phi) is 4.17. The number of anilines is 1. The molecule has 0 aliphatic carbocycles. The molecule has 0 aromatic heterocycles. The largest absolute Gasteiger partial charge is 0.478 e. The molecule has 0 atom stereocenters. The summed E-state index contributed by atoms with van der Waals surface area (Å²) in [5.41, 5.74) is 2.70. The van der Waals surface area contributed by atoms with Crippen molar-refractivity contribution in [3.63, 3.8) is 0 Å². The van der Waals surface area contributed by atoms with Gasteiger partial charge in [-0.15, -0.1) is 0 Å². The molecule has 2 aromatic rings. The molecule has 3 rings (SSSR count). The molecule has 5 nitrogen and oxygen atoms in total. The summed E-state index contributed by atoms with van der Waals surface area (Å²) in [6.07, 6.45) is 0.573. The molecule has 0 spiro atoms. The number of nitrogens with zero attached hydrogens (tertiary/aromatic N) is 1. The van der Waals surface area contributed by atoms with E-state index < -0.39 is 16.0 Å². The summed E-state index contributed by atoms with van der Waals surface area (Å²) in [7, 11) is -3.75. The summed E-state index contributed by atoms with van der Waals surface area (Å²) in [6, 6.07) is 8.17. The van der Waals surface area contributed by atoms with E-state index in [1.54, 1.807) is 32.0 Å². The summed E-state index contributed by atoms with van der Waals surface area (Å²) in [5.74, 6) is -1.07. The number of benzene rings is 2. The lowest BCUT2D eigenvalue weighted by atomic mass is 10.1. The Labute approximate surface area is 149 Å². The molecule has 1 aliphatic rings. The number of carboxylic acid groups (broad SMARTS) is 1. The number of carboxylic acids is 1. The van der Waals surface area contributed by atoms with Crippen molar-refractivity contribution in [1.82, 2.24) is 0 Å². The van der Waals surface area contributed by atoms with E-state index in [2.05, 4.69) is 15.9 Å². The summed E-state index contributed by atoms with van der Waals surface area (Å²) in [6.45, 7) is 3.83. The van der Waals surface area contributed by atoms with Gasteiger partial charge in [0.05, 0.1) is 16.1 Å².